The molecule has 0 saturated heterocycles. The summed E-state index contributed by atoms with van der Waals surface area (Å²) < 4.78 is 5.23. The third kappa shape index (κ3) is 2.32. The van der Waals surface area contributed by atoms with Gasteiger partial charge in [-0.25, -0.2) is 9.97 Å². The Bertz CT molecular complexity index is 361. The van der Waals surface area contributed by atoms with Crippen LogP contribution in [-0.2, 0) is 4.74 Å². The van der Waals surface area contributed by atoms with E-state index in [2.05, 4.69) is 9.97 Å². The van der Waals surface area contributed by atoms with Crippen molar-refractivity contribution in [3.05, 3.63) is 17.6 Å². The van der Waals surface area contributed by atoms with Crippen LogP contribution in [-0.4, -0.2) is 17.1 Å². The summed E-state index contributed by atoms with van der Waals surface area (Å²) in [4.78, 5) is 8.79. The van der Waals surface area contributed by atoms with E-state index in [0.717, 1.165) is 5.69 Å². The number of nitrogens with two attached hydrogens (primary N) is 1. The molecular formula is C12H19N3O. The van der Waals surface area contributed by atoms with E-state index >= 15 is 0 Å². The monoisotopic (exact) mass is 221 g/mol. The van der Waals surface area contributed by atoms with Gasteiger partial charge < -0.3 is 10.5 Å². The summed E-state index contributed by atoms with van der Waals surface area (Å²) in [7, 11) is 1.66. The molecule has 16 heavy (non-hydrogen) atoms. The first-order chi connectivity index (χ1) is 7.70. The highest BCUT2D eigenvalue weighted by atomic mass is 16.5. The highest BCUT2D eigenvalue weighted by molar-refractivity contribution is 5.32. The molecule has 0 spiro atoms. The molecule has 4 heteroatoms. The van der Waals surface area contributed by atoms with E-state index in [1.807, 2.05) is 13.0 Å². The molecule has 1 heterocycles. The number of hydrogen-bond donors (Lipinski definition) is 1. The Labute approximate surface area is 96.2 Å². The average Bonchev–Trinajstić information content (AvgIpc) is 2.80. The van der Waals surface area contributed by atoms with Crippen molar-refractivity contribution in [3.8, 4) is 0 Å². The third-order valence-corrected chi connectivity index (χ3v) is 3.27. The maximum atomic E-state index is 5.81. The standard InChI is InChI=1S/C12H19N3O/c1-8(16-2)12-14-10(7-11(13)15-12)9-5-3-4-6-9/h7-9H,3-6H2,1-2H3,(H2,13,14,15). The molecule has 1 aromatic heterocycles. The molecular weight excluding hydrogens is 202 g/mol. The molecule has 4 nitrogen and oxygen atoms in total. The molecule has 0 radical (unpaired) electrons. The second-order valence-corrected chi connectivity index (χ2v) is 4.44. The van der Waals surface area contributed by atoms with Crippen LogP contribution in [0.5, 0.6) is 0 Å². The molecule has 0 aromatic carbocycles. The molecule has 1 unspecified atom stereocenters. The maximum Gasteiger partial charge on any atom is 0.159 e. The van der Waals surface area contributed by atoms with E-state index in [1.165, 1.54) is 25.7 Å². The van der Waals surface area contributed by atoms with Crippen molar-refractivity contribution in [2.75, 3.05) is 12.8 Å². The predicted octanol–water partition coefficient (Wildman–Crippen LogP) is 2.42. The number of methoxy groups -OCH3 is 1. The molecule has 1 aromatic rings. The lowest BCUT2D eigenvalue weighted by atomic mass is 10.0. The van der Waals surface area contributed by atoms with Gasteiger partial charge in [-0.1, -0.05) is 12.8 Å². The van der Waals surface area contributed by atoms with Gasteiger partial charge >= 0.3 is 0 Å². The van der Waals surface area contributed by atoms with E-state index in [-0.39, 0.29) is 6.10 Å². The number of rotatable bonds is 3. The van der Waals surface area contributed by atoms with Crippen LogP contribution in [0.1, 0.15) is 56.1 Å². The number of ether oxygens (including phenoxy) is 1. The second kappa shape index (κ2) is 4.78. The third-order valence-electron chi connectivity index (χ3n) is 3.27. The second-order valence-electron chi connectivity index (χ2n) is 4.44. The Kier molecular flexibility index (Phi) is 3.39. The Hall–Kier alpha value is -1.16. The summed E-state index contributed by atoms with van der Waals surface area (Å²) in [5, 5.41) is 0. The summed E-state index contributed by atoms with van der Waals surface area (Å²) in [6.07, 6.45) is 4.94. The molecule has 88 valence electrons. The average molecular weight is 221 g/mol. The Balaban J connectivity index is 2.27. The minimum absolute atomic E-state index is 0.0938. The zero-order valence-corrected chi connectivity index (χ0v) is 9.94. The van der Waals surface area contributed by atoms with Crippen molar-refractivity contribution < 1.29 is 4.74 Å². The smallest absolute Gasteiger partial charge is 0.159 e. The fraction of sp³-hybridized carbons (Fsp3) is 0.667. The van der Waals surface area contributed by atoms with Crippen molar-refractivity contribution in [3.63, 3.8) is 0 Å². The van der Waals surface area contributed by atoms with Crippen LogP contribution < -0.4 is 5.73 Å². The summed E-state index contributed by atoms with van der Waals surface area (Å²) in [6.45, 7) is 1.94. The fourth-order valence-corrected chi connectivity index (χ4v) is 2.22. The lowest BCUT2D eigenvalue weighted by molar-refractivity contribution is 0.112. The summed E-state index contributed by atoms with van der Waals surface area (Å²) in [5.41, 5.74) is 6.90. The van der Waals surface area contributed by atoms with E-state index in [9.17, 15) is 0 Å². The zero-order valence-electron chi connectivity index (χ0n) is 9.94. The van der Waals surface area contributed by atoms with Gasteiger partial charge in [-0.3, -0.25) is 0 Å². The first kappa shape index (κ1) is 11.3. The van der Waals surface area contributed by atoms with Gasteiger partial charge in [0.05, 0.1) is 0 Å². The van der Waals surface area contributed by atoms with Crippen molar-refractivity contribution in [1.82, 2.24) is 9.97 Å². The van der Waals surface area contributed by atoms with Crippen LogP contribution in [0.2, 0.25) is 0 Å². The van der Waals surface area contributed by atoms with Crippen molar-refractivity contribution >= 4 is 5.82 Å². The number of nitrogen functional groups attached to an aromatic ring is 1. The van der Waals surface area contributed by atoms with Gasteiger partial charge in [0.2, 0.25) is 0 Å². The van der Waals surface area contributed by atoms with Gasteiger partial charge in [0.1, 0.15) is 11.9 Å². The minimum Gasteiger partial charge on any atom is -0.384 e. The molecule has 0 bridgehead atoms. The van der Waals surface area contributed by atoms with Crippen LogP contribution >= 0.6 is 0 Å². The molecule has 0 amide bonds. The maximum absolute atomic E-state index is 5.81. The van der Waals surface area contributed by atoms with Gasteiger partial charge in [-0.05, 0) is 19.8 Å². The number of hydrogen-bond acceptors (Lipinski definition) is 4. The van der Waals surface area contributed by atoms with Gasteiger partial charge in [0.25, 0.3) is 0 Å². The van der Waals surface area contributed by atoms with Crippen LogP contribution in [0.15, 0.2) is 6.07 Å². The molecule has 1 atom stereocenters. The lowest BCUT2D eigenvalue weighted by Gasteiger charge is -2.13. The van der Waals surface area contributed by atoms with Crippen LogP contribution in [0, 0.1) is 0 Å². The largest absolute Gasteiger partial charge is 0.384 e. The fourth-order valence-electron chi connectivity index (χ4n) is 2.22. The number of nitrogens with zero attached hydrogens (tertiary/aromatic N) is 2. The van der Waals surface area contributed by atoms with Crippen molar-refractivity contribution in [2.24, 2.45) is 0 Å². The van der Waals surface area contributed by atoms with Crippen LogP contribution in [0.25, 0.3) is 0 Å². The first-order valence-electron chi connectivity index (χ1n) is 5.88. The Morgan fingerprint density at radius 1 is 1.38 bits per heavy atom. The Morgan fingerprint density at radius 3 is 2.69 bits per heavy atom. The molecule has 1 saturated carbocycles. The summed E-state index contributed by atoms with van der Waals surface area (Å²) in [6, 6.07) is 1.90. The van der Waals surface area contributed by atoms with E-state index in [4.69, 9.17) is 10.5 Å². The molecule has 1 aliphatic carbocycles. The van der Waals surface area contributed by atoms with Gasteiger partial charge in [0, 0.05) is 24.8 Å². The van der Waals surface area contributed by atoms with E-state index in [1.54, 1.807) is 7.11 Å². The predicted molar refractivity (Wildman–Crippen MR) is 63.1 cm³/mol. The van der Waals surface area contributed by atoms with Gasteiger partial charge in [0.15, 0.2) is 5.82 Å². The lowest BCUT2D eigenvalue weighted by Crippen LogP contribution is -2.09. The minimum atomic E-state index is -0.0938. The highest BCUT2D eigenvalue weighted by Crippen LogP contribution is 2.33. The number of anilines is 1. The van der Waals surface area contributed by atoms with Crippen molar-refractivity contribution in [2.45, 2.75) is 44.6 Å². The summed E-state index contributed by atoms with van der Waals surface area (Å²) in [5.74, 6) is 1.81. The Morgan fingerprint density at radius 2 is 2.06 bits per heavy atom. The molecule has 2 rings (SSSR count). The quantitative estimate of drug-likeness (QED) is 0.851. The zero-order chi connectivity index (χ0) is 11.5. The van der Waals surface area contributed by atoms with Crippen molar-refractivity contribution in [1.29, 1.82) is 0 Å². The van der Waals surface area contributed by atoms with Gasteiger partial charge in [-0.15, -0.1) is 0 Å². The summed E-state index contributed by atoms with van der Waals surface area (Å²) >= 11 is 0. The molecule has 2 N–H and O–H groups in total. The van der Waals surface area contributed by atoms with Crippen LogP contribution in [0.4, 0.5) is 5.82 Å². The topological polar surface area (TPSA) is 61.0 Å². The van der Waals surface area contributed by atoms with Gasteiger partial charge in [-0.2, -0.15) is 0 Å². The first-order valence-corrected chi connectivity index (χ1v) is 5.88. The number of aromatic nitrogens is 2. The molecule has 1 aliphatic rings. The van der Waals surface area contributed by atoms with Crippen LogP contribution in [0.3, 0.4) is 0 Å². The van der Waals surface area contributed by atoms with E-state index in [0.29, 0.717) is 17.6 Å². The SMILES string of the molecule is COC(C)c1nc(N)cc(C2CCCC2)n1. The molecule has 0 aliphatic heterocycles. The highest BCUT2D eigenvalue weighted by Gasteiger charge is 2.20. The molecule has 1 fully saturated rings. The van der Waals surface area contributed by atoms with E-state index < -0.39 is 0 Å². The normalized spacial score (nSPS) is 18.9.